The van der Waals surface area contributed by atoms with Gasteiger partial charge in [0.15, 0.2) is 0 Å². The fourth-order valence-corrected chi connectivity index (χ4v) is 4.75. The highest BCUT2D eigenvalue weighted by Gasteiger charge is 2.28. The van der Waals surface area contributed by atoms with Crippen LogP contribution in [-0.2, 0) is 9.84 Å². The largest absolute Gasteiger partial charge is 0.379 e. The molecule has 1 fully saturated rings. The third kappa shape index (κ3) is 3.70. The van der Waals surface area contributed by atoms with Gasteiger partial charge in [0.2, 0.25) is 9.84 Å². The zero-order valence-corrected chi connectivity index (χ0v) is 15.3. The van der Waals surface area contributed by atoms with Crippen LogP contribution in [0.25, 0.3) is 0 Å². The van der Waals surface area contributed by atoms with Crippen LogP contribution in [0, 0.1) is 6.92 Å². The average molecular weight is 362 g/mol. The predicted octanol–water partition coefficient (Wildman–Crippen LogP) is 3.28. The molecular formula is C19H23FN2O2S. The molecule has 0 bridgehead atoms. The number of hydrogen-bond donors (Lipinski definition) is 1. The maximum absolute atomic E-state index is 14.3. The summed E-state index contributed by atoms with van der Waals surface area (Å²) in [5.74, 6) is 0. The third-order valence-electron chi connectivity index (χ3n) is 4.71. The molecule has 0 aliphatic carbocycles. The van der Waals surface area contributed by atoms with Crippen molar-refractivity contribution in [3.8, 4) is 0 Å². The van der Waals surface area contributed by atoms with Gasteiger partial charge in [-0.05, 0) is 50.2 Å². The Morgan fingerprint density at radius 2 is 1.84 bits per heavy atom. The van der Waals surface area contributed by atoms with E-state index in [1.54, 1.807) is 49.4 Å². The number of sulfone groups is 1. The molecule has 2 atom stereocenters. The van der Waals surface area contributed by atoms with Crippen LogP contribution in [-0.4, -0.2) is 45.7 Å². The van der Waals surface area contributed by atoms with Gasteiger partial charge in [-0.1, -0.05) is 24.3 Å². The maximum Gasteiger partial charge on any atom is 0.206 e. The first-order chi connectivity index (χ1) is 11.9. The third-order valence-corrected chi connectivity index (χ3v) is 6.63. The Kier molecular flexibility index (Phi) is 5.11. The quantitative estimate of drug-likeness (QED) is 0.907. The lowest BCUT2D eigenvalue weighted by Gasteiger charge is -2.33. The minimum absolute atomic E-state index is 0.257. The first-order valence-electron chi connectivity index (χ1n) is 8.38. The van der Waals surface area contributed by atoms with Gasteiger partial charge in [-0.15, -0.1) is 0 Å². The van der Waals surface area contributed by atoms with Crippen LogP contribution in [0.5, 0.6) is 0 Å². The molecule has 4 nitrogen and oxygen atoms in total. The zero-order chi connectivity index (χ0) is 18.0. The minimum atomic E-state index is -3.60. The van der Waals surface area contributed by atoms with Crippen molar-refractivity contribution < 1.29 is 12.8 Å². The van der Waals surface area contributed by atoms with Crippen molar-refractivity contribution in [3.63, 3.8) is 0 Å². The molecule has 3 rings (SSSR count). The summed E-state index contributed by atoms with van der Waals surface area (Å²) in [4.78, 5) is 2.48. The maximum atomic E-state index is 14.3. The number of rotatable bonds is 4. The van der Waals surface area contributed by atoms with Gasteiger partial charge in [0.05, 0.1) is 15.8 Å². The lowest BCUT2D eigenvalue weighted by atomic mass is 10.0. The molecule has 0 aromatic heterocycles. The molecule has 0 amide bonds. The van der Waals surface area contributed by atoms with Gasteiger partial charge in [0.25, 0.3) is 0 Å². The van der Waals surface area contributed by atoms with Crippen molar-refractivity contribution in [1.29, 1.82) is 0 Å². The van der Waals surface area contributed by atoms with Crippen molar-refractivity contribution in [2.24, 2.45) is 0 Å². The van der Waals surface area contributed by atoms with Crippen LogP contribution < -0.4 is 5.32 Å². The lowest BCUT2D eigenvalue weighted by Crippen LogP contribution is -2.46. The Labute approximate surface area is 148 Å². The Balaban J connectivity index is 1.91. The Morgan fingerprint density at radius 1 is 1.12 bits per heavy atom. The van der Waals surface area contributed by atoms with Crippen molar-refractivity contribution in [2.45, 2.75) is 35.3 Å². The fourth-order valence-electron chi connectivity index (χ4n) is 3.21. The summed E-state index contributed by atoms with van der Waals surface area (Å²) in [6.45, 7) is 2.97. The first-order valence-corrected chi connectivity index (χ1v) is 9.87. The fraction of sp³-hybridized carbons (Fsp3) is 0.368. The average Bonchev–Trinajstić information content (AvgIpc) is 2.59. The molecule has 2 aromatic carbocycles. The van der Waals surface area contributed by atoms with Crippen LogP contribution in [0.1, 0.15) is 12.0 Å². The molecule has 0 radical (unpaired) electrons. The number of benzene rings is 2. The van der Waals surface area contributed by atoms with E-state index in [-0.39, 0.29) is 15.8 Å². The van der Waals surface area contributed by atoms with Gasteiger partial charge in [0.1, 0.15) is 6.17 Å². The molecule has 1 N–H and O–H groups in total. The number of likely N-dealkylation sites (tertiary alicyclic amines) is 1. The van der Waals surface area contributed by atoms with Crippen LogP contribution in [0.3, 0.4) is 0 Å². The van der Waals surface area contributed by atoms with Gasteiger partial charge in [-0.2, -0.15) is 0 Å². The Morgan fingerprint density at radius 3 is 2.52 bits per heavy atom. The van der Waals surface area contributed by atoms with Crippen molar-refractivity contribution in [1.82, 2.24) is 4.90 Å². The summed E-state index contributed by atoms with van der Waals surface area (Å²) in [6.07, 6.45) is -0.292. The van der Waals surface area contributed by atoms with Crippen molar-refractivity contribution in [2.75, 3.05) is 25.5 Å². The summed E-state index contributed by atoms with van der Waals surface area (Å²) in [5.41, 5.74) is 1.30. The van der Waals surface area contributed by atoms with Gasteiger partial charge < -0.3 is 10.2 Å². The van der Waals surface area contributed by atoms with Gasteiger partial charge in [0, 0.05) is 18.8 Å². The predicted molar refractivity (Wildman–Crippen MR) is 97.5 cm³/mol. The zero-order valence-electron chi connectivity index (χ0n) is 14.4. The van der Waals surface area contributed by atoms with Crippen LogP contribution in [0.15, 0.2) is 58.3 Å². The standard InChI is InChI=1S/C19H23FN2O2S/c1-14-17(21-18-11-12-22(2)13-16(18)20)9-6-10-19(14)25(23,24)15-7-4-3-5-8-15/h3-10,16,18,21H,11-13H2,1-2H3. The molecule has 0 spiro atoms. The van der Waals surface area contributed by atoms with E-state index in [9.17, 15) is 12.8 Å². The van der Waals surface area contributed by atoms with Crippen LogP contribution >= 0.6 is 0 Å². The number of anilines is 1. The topological polar surface area (TPSA) is 49.4 Å². The summed E-state index contributed by atoms with van der Waals surface area (Å²) < 4.78 is 40.1. The summed E-state index contributed by atoms with van der Waals surface area (Å²) in [6, 6.07) is 13.2. The number of alkyl halides is 1. The normalized spacial score (nSPS) is 21.9. The molecule has 1 heterocycles. The number of nitrogens with zero attached hydrogens (tertiary/aromatic N) is 1. The summed E-state index contributed by atoms with van der Waals surface area (Å²) >= 11 is 0. The highest BCUT2D eigenvalue weighted by molar-refractivity contribution is 7.91. The van der Waals surface area contributed by atoms with E-state index in [0.717, 1.165) is 6.54 Å². The van der Waals surface area contributed by atoms with Crippen molar-refractivity contribution in [3.05, 3.63) is 54.1 Å². The number of halogens is 1. The smallest absolute Gasteiger partial charge is 0.206 e. The highest BCUT2D eigenvalue weighted by atomic mass is 32.2. The molecular weight excluding hydrogens is 339 g/mol. The summed E-state index contributed by atoms with van der Waals surface area (Å²) in [7, 11) is -1.69. The Hall–Kier alpha value is -1.92. The molecule has 25 heavy (non-hydrogen) atoms. The van der Waals surface area contributed by atoms with E-state index in [1.807, 2.05) is 18.0 Å². The second-order valence-corrected chi connectivity index (χ2v) is 8.48. The van der Waals surface area contributed by atoms with E-state index in [1.165, 1.54) is 0 Å². The lowest BCUT2D eigenvalue weighted by molar-refractivity contribution is 0.149. The molecule has 134 valence electrons. The van der Waals surface area contributed by atoms with Gasteiger partial charge in [-0.3, -0.25) is 0 Å². The highest BCUT2D eigenvalue weighted by Crippen LogP contribution is 2.29. The second kappa shape index (κ2) is 7.14. The number of hydrogen-bond acceptors (Lipinski definition) is 4. The molecule has 1 aliphatic heterocycles. The second-order valence-electron chi connectivity index (χ2n) is 6.56. The molecule has 0 saturated carbocycles. The van der Waals surface area contributed by atoms with Crippen LogP contribution in [0.2, 0.25) is 0 Å². The first kappa shape index (κ1) is 17.9. The van der Waals surface area contributed by atoms with E-state index >= 15 is 0 Å². The molecule has 1 saturated heterocycles. The van der Waals surface area contributed by atoms with Crippen molar-refractivity contribution >= 4 is 15.5 Å². The van der Waals surface area contributed by atoms with E-state index in [4.69, 9.17) is 0 Å². The van der Waals surface area contributed by atoms with Gasteiger partial charge in [-0.25, -0.2) is 12.8 Å². The van der Waals surface area contributed by atoms with Crippen LogP contribution in [0.4, 0.5) is 10.1 Å². The molecule has 1 aliphatic rings. The van der Waals surface area contributed by atoms with E-state index in [2.05, 4.69) is 5.32 Å². The minimum Gasteiger partial charge on any atom is -0.379 e. The number of piperidine rings is 1. The molecule has 2 aromatic rings. The van der Waals surface area contributed by atoms with Gasteiger partial charge >= 0.3 is 0 Å². The van der Waals surface area contributed by atoms with E-state index in [0.29, 0.717) is 24.2 Å². The molecule has 2 unspecified atom stereocenters. The molecule has 6 heteroatoms. The van der Waals surface area contributed by atoms with E-state index < -0.39 is 16.0 Å². The SMILES string of the molecule is Cc1c(NC2CCN(C)CC2F)cccc1S(=O)(=O)c1ccccc1. The number of nitrogens with one attached hydrogen (secondary N) is 1. The monoisotopic (exact) mass is 362 g/mol. The Bertz CT molecular complexity index is 840. The summed E-state index contributed by atoms with van der Waals surface area (Å²) in [5, 5.41) is 3.22.